The lowest BCUT2D eigenvalue weighted by Gasteiger charge is -2.07. The summed E-state index contributed by atoms with van der Waals surface area (Å²) in [7, 11) is 0. The molecule has 1 aromatic carbocycles. The minimum Gasteiger partial charge on any atom is -0.494 e. The maximum atomic E-state index is 11.9. The van der Waals surface area contributed by atoms with E-state index in [1.165, 1.54) is 0 Å². The lowest BCUT2D eigenvalue weighted by Crippen LogP contribution is -2.14. The smallest absolute Gasteiger partial charge is 0.303 e. The Bertz CT molecular complexity index is 663. The van der Waals surface area contributed by atoms with Crippen LogP contribution in [-0.4, -0.2) is 28.7 Å². The maximum Gasteiger partial charge on any atom is 0.303 e. The third kappa shape index (κ3) is 5.82. The summed E-state index contributed by atoms with van der Waals surface area (Å²) < 4.78 is 10.3. The Morgan fingerprint density at radius 2 is 2.04 bits per heavy atom. The van der Waals surface area contributed by atoms with Crippen molar-refractivity contribution < 1.29 is 24.0 Å². The Labute approximate surface area is 133 Å². The highest BCUT2D eigenvalue weighted by molar-refractivity contribution is 5.92. The molecule has 0 fully saturated rings. The van der Waals surface area contributed by atoms with Gasteiger partial charge in [-0.15, -0.1) is 0 Å². The number of ether oxygens (including phenoxy) is 1. The standard InChI is InChI=1S/C16H18N2O5/c1-11-9-13(18-23-11)10-15(19)17-12-4-6-14(7-5-12)22-8-2-3-16(20)21/h4-7,9H,2-3,8,10H2,1H3,(H,17,19)(H,20,21). The van der Waals surface area contributed by atoms with Crippen LogP contribution in [0.3, 0.4) is 0 Å². The fourth-order valence-corrected chi connectivity index (χ4v) is 1.92. The van der Waals surface area contributed by atoms with E-state index in [0.29, 0.717) is 35.9 Å². The van der Waals surface area contributed by atoms with E-state index in [2.05, 4.69) is 10.5 Å². The van der Waals surface area contributed by atoms with Gasteiger partial charge in [0.05, 0.1) is 18.7 Å². The zero-order chi connectivity index (χ0) is 16.7. The third-order valence-corrected chi connectivity index (χ3v) is 2.96. The number of nitrogens with one attached hydrogen (secondary N) is 1. The van der Waals surface area contributed by atoms with Gasteiger partial charge in [-0.1, -0.05) is 5.16 Å². The molecule has 2 rings (SSSR count). The number of aromatic nitrogens is 1. The van der Waals surface area contributed by atoms with E-state index in [1.54, 1.807) is 37.3 Å². The van der Waals surface area contributed by atoms with Crippen molar-refractivity contribution in [2.45, 2.75) is 26.2 Å². The van der Waals surface area contributed by atoms with E-state index in [9.17, 15) is 9.59 Å². The first-order valence-electron chi connectivity index (χ1n) is 7.19. The van der Waals surface area contributed by atoms with Crippen LogP contribution < -0.4 is 10.1 Å². The summed E-state index contributed by atoms with van der Waals surface area (Å²) in [4.78, 5) is 22.3. The second-order valence-corrected chi connectivity index (χ2v) is 5.02. The quantitative estimate of drug-likeness (QED) is 0.725. The van der Waals surface area contributed by atoms with Crippen LogP contribution in [0.15, 0.2) is 34.9 Å². The van der Waals surface area contributed by atoms with E-state index in [1.807, 2.05) is 0 Å². The molecule has 1 aromatic heterocycles. The normalized spacial score (nSPS) is 10.3. The van der Waals surface area contributed by atoms with Crippen molar-refractivity contribution in [2.75, 3.05) is 11.9 Å². The molecular formula is C16H18N2O5. The number of nitrogens with zero attached hydrogens (tertiary/aromatic N) is 1. The van der Waals surface area contributed by atoms with E-state index in [4.69, 9.17) is 14.4 Å². The number of benzene rings is 1. The molecule has 0 bridgehead atoms. The number of rotatable bonds is 8. The topological polar surface area (TPSA) is 102 Å². The number of carboxylic acid groups (broad SMARTS) is 1. The van der Waals surface area contributed by atoms with Crippen LogP contribution in [0.2, 0.25) is 0 Å². The van der Waals surface area contributed by atoms with Gasteiger partial charge in [-0.25, -0.2) is 0 Å². The van der Waals surface area contributed by atoms with E-state index < -0.39 is 5.97 Å². The van der Waals surface area contributed by atoms with Crippen molar-refractivity contribution >= 4 is 17.6 Å². The monoisotopic (exact) mass is 318 g/mol. The number of carbonyl (C=O) groups excluding carboxylic acids is 1. The summed E-state index contributed by atoms with van der Waals surface area (Å²) in [5.74, 6) is 0.264. The van der Waals surface area contributed by atoms with Gasteiger partial charge in [0.25, 0.3) is 0 Å². The minimum atomic E-state index is -0.839. The number of aliphatic carboxylic acids is 1. The third-order valence-electron chi connectivity index (χ3n) is 2.96. The van der Waals surface area contributed by atoms with E-state index >= 15 is 0 Å². The number of aryl methyl sites for hydroxylation is 1. The molecule has 23 heavy (non-hydrogen) atoms. The van der Waals surface area contributed by atoms with Gasteiger partial charge in [0, 0.05) is 18.2 Å². The van der Waals surface area contributed by atoms with Crippen LogP contribution >= 0.6 is 0 Å². The first-order valence-corrected chi connectivity index (χ1v) is 7.19. The largest absolute Gasteiger partial charge is 0.494 e. The molecule has 0 radical (unpaired) electrons. The Morgan fingerprint density at radius 3 is 2.65 bits per heavy atom. The van der Waals surface area contributed by atoms with Gasteiger partial charge in [0.15, 0.2) is 0 Å². The average Bonchev–Trinajstić information content (AvgIpc) is 2.90. The highest BCUT2D eigenvalue weighted by Gasteiger charge is 2.08. The van der Waals surface area contributed by atoms with Crippen LogP contribution in [-0.2, 0) is 16.0 Å². The van der Waals surface area contributed by atoms with Crippen molar-refractivity contribution in [1.82, 2.24) is 5.16 Å². The summed E-state index contributed by atoms with van der Waals surface area (Å²) in [6.45, 7) is 2.10. The Balaban J connectivity index is 1.77. The summed E-state index contributed by atoms with van der Waals surface area (Å²) in [5.41, 5.74) is 1.23. The van der Waals surface area contributed by atoms with Crippen molar-refractivity contribution in [3.8, 4) is 5.75 Å². The number of hydrogen-bond donors (Lipinski definition) is 2. The number of carboxylic acids is 1. The van der Waals surface area contributed by atoms with Crippen LogP contribution in [0.25, 0.3) is 0 Å². The molecule has 0 aliphatic carbocycles. The fraction of sp³-hybridized carbons (Fsp3) is 0.312. The zero-order valence-corrected chi connectivity index (χ0v) is 12.7. The van der Waals surface area contributed by atoms with Gasteiger partial charge in [0.1, 0.15) is 11.5 Å². The molecule has 0 saturated carbocycles. The molecule has 2 N–H and O–H groups in total. The molecule has 0 aliphatic rings. The summed E-state index contributed by atoms with van der Waals surface area (Å²) in [5, 5.41) is 15.1. The van der Waals surface area contributed by atoms with Crippen LogP contribution in [0.1, 0.15) is 24.3 Å². The van der Waals surface area contributed by atoms with Gasteiger partial charge in [-0.2, -0.15) is 0 Å². The van der Waals surface area contributed by atoms with Crippen LogP contribution in [0.5, 0.6) is 5.75 Å². The summed E-state index contributed by atoms with van der Waals surface area (Å²) in [6.07, 6.45) is 0.672. The van der Waals surface area contributed by atoms with Gasteiger partial charge in [0.2, 0.25) is 5.91 Å². The molecule has 0 saturated heterocycles. The molecule has 0 atom stereocenters. The molecule has 7 nitrogen and oxygen atoms in total. The maximum absolute atomic E-state index is 11.9. The lowest BCUT2D eigenvalue weighted by atomic mass is 10.2. The van der Waals surface area contributed by atoms with Crippen molar-refractivity contribution in [2.24, 2.45) is 0 Å². The highest BCUT2D eigenvalue weighted by Crippen LogP contribution is 2.16. The number of amides is 1. The second kappa shape index (κ2) is 7.98. The zero-order valence-electron chi connectivity index (χ0n) is 12.7. The second-order valence-electron chi connectivity index (χ2n) is 5.02. The van der Waals surface area contributed by atoms with Crippen LogP contribution in [0.4, 0.5) is 5.69 Å². The summed E-state index contributed by atoms with van der Waals surface area (Å²) >= 11 is 0. The number of hydrogen-bond acceptors (Lipinski definition) is 5. The molecule has 0 spiro atoms. The Hall–Kier alpha value is -2.83. The lowest BCUT2D eigenvalue weighted by molar-refractivity contribution is -0.137. The molecule has 2 aromatic rings. The van der Waals surface area contributed by atoms with Crippen molar-refractivity contribution in [3.05, 3.63) is 41.8 Å². The SMILES string of the molecule is Cc1cc(CC(=O)Nc2ccc(OCCCC(=O)O)cc2)no1. The predicted octanol–water partition coefficient (Wildman–Crippen LogP) is 2.41. The molecule has 0 aliphatic heterocycles. The van der Waals surface area contributed by atoms with Gasteiger partial charge < -0.3 is 19.7 Å². The van der Waals surface area contributed by atoms with Gasteiger partial charge in [-0.05, 0) is 37.6 Å². The fourth-order valence-electron chi connectivity index (χ4n) is 1.92. The first kappa shape index (κ1) is 16.5. The van der Waals surface area contributed by atoms with Gasteiger partial charge >= 0.3 is 5.97 Å². The van der Waals surface area contributed by atoms with Crippen molar-refractivity contribution in [1.29, 1.82) is 0 Å². The highest BCUT2D eigenvalue weighted by atomic mass is 16.5. The Morgan fingerprint density at radius 1 is 1.30 bits per heavy atom. The molecule has 122 valence electrons. The average molecular weight is 318 g/mol. The van der Waals surface area contributed by atoms with Crippen LogP contribution in [0, 0.1) is 6.92 Å². The number of anilines is 1. The van der Waals surface area contributed by atoms with Gasteiger partial charge in [-0.3, -0.25) is 9.59 Å². The van der Waals surface area contributed by atoms with E-state index in [-0.39, 0.29) is 18.7 Å². The molecular weight excluding hydrogens is 300 g/mol. The molecule has 0 unspecified atom stereocenters. The Kier molecular flexibility index (Phi) is 5.74. The molecule has 1 heterocycles. The number of carbonyl (C=O) groups is 2. The predicted molar refractivity (Wildman–Crippen MR) is 82.4 cm³/mol. The summed E-state index contributed by atoms with van der Waals surface area (Å²) in [6, 6.07) is 8.60. The van der Waals surface area contributed by atoms with E-state index in [0.717, 1.165) is 0 Å². The molecule has 7 heteroatoms. The minimum absolute atomic E-state index is 0.0790. The van der Waals surface area contributed by atoms with Crippen molar-refractivity contribution in [3.63, 3.8) is 0 Å². The molecule has 1 amide bonds. The first-order chi connectivity index (χ1) is 11.0.